The highest BCUT2D eigenvalue weighted by Gasteiger charge is 2.16. The lowest BCUT2D eigenvalue weighted by molar-refractivity contribution is 0.631. The van der Waals surface area contributed by atoms with Crippen molar-refractivity contribution < 1.29 is 4.39 Å². The Balaban J connectivity index is 1.53. The van der Waals surface area contributed by atoms with Crippen LogP contribution < -0.4 is 0 Å². The fraction of sp³-hybridized carbons (Fsp3) is 0. The largest absolute Gasteiger partial charge is 0.353 e. The Kier molecular flexibility index (Phi) is 3.89. The molecule has 0 aliphatic carbocycles. The van der Waals surface area contributed by atoms with Crippen molar-refractivity contribution in [2.24, 2.45) is 0 Å². The fourth-order valence-electron chi connectivity index (χ4n) is 4.00. The van der Waals surface area contributed by atoms with Crippen LogP contribution in [-0.4, -0.2) is 25.1 Å². The molecule has 0 aliphatic heterocycles. The van der Waals surface area contributed by atoms with Gasteiger partial charge in [-0.2, -0.15) is 5.10 Å². The van der Waals surface area contributed by atoms with Crippen molar-refractivity contribution >= 4 is 21.9 Å². The highest BCUT2D eigenvalue weighted by molar-refractivity contribution is 6.01. The number of nitrogens with one attached hydrogen (secondary N) is 2. The van der Waals surface area contributed by atoms with Crippen LogP contribution in [0.25, 0.3) is 55.6 Å². The van der Waals surface area contributed by atoms with Gasteiger partial charge in [0, 0.05) is 51.6 Å². The van der Waals surface area contributed by atoms with Crippen molar-refractivity contribution in [1.29, 1.82) is 0 Å². The minimum Gasteiger partial charge on any atom is -0.353 e. The van der Waals surface area contributed by atoms with Gasteiger partial charge in [-0.1, -0.05) is 36.4 Å². The summed E-state index contributed by atoms with van der Waals surface area (Å²) < 4.78 is 14.5. The molecule has 6 rings (SSSR count). The van der Waals surface area contributed by atoms with Crippen LogP contribution in [-0.2, 0) is 0 Å². The Labute approximate surface area is 176 Å². The molecule has 0 unspecified atom stereocenters. The first-order chi connectivity index (χ1) is 15.3. The number of pyridine rings is 2. The predicted molar refractivity (Wildman–Crippen MR) is 120 cm³/mol. The zero-order valence-corrected chi connectivity index (χ0v) is 16.3. The maximum absolute atomic E-state index is 14.5. The van der Waals surface area contributed by atoms with E-state index >= 15 is 0 Å². The van der Waals surface area contributed by atoms with Gasteiger partial charge in [0.25, 0.3) is 0 Å². The summed E-state index contributed by atoms with van der Waals surface area (Å²) in [5.74, 6) is -0.242. The average molecular weight is 405 g/mol. The molecule has 0 bridgehead atoms. The molecule has 5 nitrogen and oxygen atoms in total. The Morgan fingerprint density at radius 2 is 1.68 bits per heavy atom. The molecule has 0 fully saturated rings. The summed E-state index contributed by atoms with van der Waals surface area (Å²) in [6.45, 7) is 0. The van der Waals surface area contributed by atoms with Crippen molar-refractivity contribution in [2.75, 3.05) is 0 Å². The Hall–Kier alpha value is -4.32. The lowest BCUT2D eigenvalue weighted by Crippen LogP contribution is -1.83. The third-order valence-electron chi connectivity index (χ3n) is 5.49. The molecule has 4 aromatic heterocycles. The molecule has 4 heterocycles. The van der Waals surface area contributed by atoms with Crippen molar-refractivity contribution in [3.63, 3.8) is 0 Å². The van der Waals surface area contributed by atoms with Crippen LogP contribution in [0.5, 0.6) is 0 Å². The lowest BCUT2D eigenvalue weighted by Gasteiger charge is -2.04. The monoisotopic (exact) mass is 405 g/mol. The minimum atomic E-state index is -0.242. The molecule has 0 spiro atoms. The Morgan fingerprint density at radius 3 is 2.55 bits per heavy atom. The number of benzene rings is 2. The van der Waals surface area contributed by atoms with E-state index < -0.39 is 0 Å². The van der Waals surface area contributed by atoms with Crippen LogP contribution in [0, 0.1) is 5.82 Å². The van der Waals surface area contributed by atoms with Gasteiger partial charge in [-0.25, -0.2) is 9.37 Å². The standard InChI is InChI=1S/C25H16FN5/c26-21-8-2-1-6-18(21)17-7-3-9-22-19(17)12-23(29-22)24-20-11-16(14-28-25(20)31-30-24)15-5-4-10-27-13-15/h1-14,29H,(H,28,30,31). The normalized spacial score (nSPS) is 11.4. The number of fused-ring (bicyclic) bond motifs is 2. The molecule has 31 heavy (non-hydrogen) atoms. The van der Waals surface area contributed by atoms with Gasteiger partial charge in [0.15, 0.2) is 5.65 Å². The number of H-pyrrole nitrogens is 2. The zero-order valence-electron chi connectivity index (χ0n) is 16.3. The highest BCUT2D eigenvalue weighted by atomic mass is 19.1. The third kappa shape index (κ3) is 2.88. The van der Waals surface area contributed by atoms with E-state index in [2.05, 4.69) is 31.2 Å². The van der Waals surface area contributed by atoms with Gasteiger partial charge >= 0.3 is 0 Å². The first kappa shape index (κ1) is 17.5. The van der Waals surface area contributed by atoms with E-state index in [9.17, 15) is 4.39 Å². The molecule has 0 atom stereocenters. The number of aromatic amines is 2. The van der Waals surface area contributed by atoms with Crippen molar-refractivity contribution in [2.45, 2.75) is 0 Å². The molecule has 6 aromatic rings. The minimum absolute atomic E-state index is 0.242. The summed E-state index contributed by atoms with van der Waals surface area (Å²) in [5.41, 5.74) is 6.60. The van der Waals surface area contributed by atoms with Crippen molar-refractivity contribution in [3.8, 4) is 33.6 Å². The zero-order chi connectivity index (χ0) is 20.8. The summed E-state index contributed by atoms with van der Waals surface area (Å²) in [4.78, 5) is 12.2. The molecule has 0 saturated carbocycles. The van der Waals surface area contributed by atoms with Gasteiger partial charge in [-0.15, -0.1) is 0 Å². The molecule has 148 valence electrons. The Morgan fingerprint density at radius 1 is 0.774 bits per heavy atom. The SMILES string of the molecule is Fc1ccccc1-c1cccc2[nH]c(-c3n[nH]c4ncc(-c5cccnc5)cc34)cc12. The summed E-state index contributed by atoms with van der Waals surface area (Å²) in [6, 6.07) is 20.6. The van der Waals surface area contributed by atoms with E-state index in [1.807, 2.05) is 54.9 Å². The van der Waals surface area contributed by atoms with Crippen LogP contribution in [0.3, 0.4) is 0 Å². The van der Waals surface area contributed by atoms with E-state index in [0.717, 1.165) is 44.4 Å². The summed E-state index contributed by atoms with van der Waals surface area (Å²) in [5, 5.41) is 9.36. The first-order valence-electron chi connectivity index (χ1n) is 9.89. The van der Waals surface area contributed by atoms with E-state index in [1.165, 1.54) is 6.07 Å². The van der Waals surface area contributed by atoms with Gasteiger partial charge in [0.05, 0.1) is 5.69 Å². The average Bonchev–Trinajstić information content (AvgIpc) is 3.43. The molecule has 2 N–H and O–H groups in total. The van der Waals surface area contributed by atoms with E-state index in [0.29, 0.717) is 11.2 Å². The summed E-state index contributed by atoms with van der Waals surface area (Å²) >= 11 is 0. The van der Waals surface area contributed by atoms with Gasteiger partial charge in [0.1, 0.15) is 11.5 Å². The number of halogens is 1. The lowest BCUT2D eigenvalue weighted by atomic mass is 10.0. The second kappa shape index (κ2) is 6.88. The third-order valence-corrected chi connectivity index (χ3v) is 5.49. The summed E-state index contributed by atoms with van der Waals surface area (Å²) in [7, 11) is 0. The second-order valence-electron chi connectivity index (χ2n) is 7.36. The van der Waals surface area contributed by atoms with Crippen LogP contribution in [0.4, 0.5) is 4.39 Å². The number of rotatable bonds is 3. The van der Waals surface area contributed by atoms with Crippen molar-refractivity contribution in [1.82, 2.24) is 25.1 Å². The van der Waals surface area contributed by atoms with E-state index in [-0.39, 0.29) is 5.82 Å². The van der Waals surface area contributed by atoms with Gasteiger partial charge in [-0.05, 0) is 35.9 Å². The molecule has 0 aliphatic rings. The smallest absolute Gasteiger partial charge is 0.155 e. The topological polar surface area (TPSA) is 70.2 Å². The van der Waals surface area contributed by atoms with Crippen LogP contribution >= 0.6 is 0 Å². The Bertz CT molecular complexity index is 1550. The predicted octanol–water partition coefficient (Wildman–Crippen LogP) is 5.97. The van der Waals surface area contributed by atoms with Crippen LogP contribution in [0.1, 0.15) is 0 Å². The number of hydrogen-bond donors (Lipinski definition) is 2. The number of aromatic nitrogens is 5. The fourth-order valence-corrected chi connectivity index (χ4v) is 4.00. The molecule has 2 aromatic carbocycles. The number of hydrogen-bond acceptors (Lipinski definition) is 3. The van der Waals surface area contributed by atoms with E-state index in [4.69, 9.17) is 0 Å². The van der Waals surface area contributed by atoms with E-state index in [1.54, 1.807) is 18.3 Å². The quantitative estimate of drug-likeness (QED) is 0.381. The van der Waals surface area contributed by atoms with Crippen LogP contribution in [0.15, 0.2) is 85.3 Å². The van der Waals surface area contributed by atoms with Gasteiger partial charge < -0.3 is 4.98 Å². The van der Waals surface area contributed by atoms with Gasteiger partial charge in [0.2, 0.25) is 0 Å². The molecular weight excluding hydrogens is 389 g/mol. The molecule has 6 heteroatoms. The molecule has 0 amide bonds. The van der Waals surface area contributed by atoms with Gasteiger partial charge in [-0.3, -0.25) is 10.1 Å². The number of nitrogens with zero attached hydrogens (tertiary/aromatic N) is 3. The maximum atomic E-state index is 14.5. The van der Waals surface area contributed by atoms with Crippen molar-refractivity contribution in [3.05, 3.63) is 91.1 Å². The molecular formula is C25H16FN5. The second-order valence-corrected chi connectivity index (χ2v) is 7.36. The highest BCUT2D eigenvalue weighted by Crippen LogP contribution is 2.35. The maximum Gasteiger partial charge on any atom is 0.155 e. The van der Waals surface area contributed by atoms with Crippen LogP contribution in [0.2, 0.25) is 0 Å². The molecule has 0 radical (unpaired) electrons. The molecule has 0 saturated heterocycles. The summed E-state index contributed by atoms with van der Waals surface area (Å²) in [6.07, 6.45) is 5.37. The first-order valence-corrected chi connectivity index (χ1v) is 9.89.